The highest BCUT2D eigenvalue weighted by atomic mass is 16.6. The number of H-pyrrole nitrogens is 1. The second-order valence-corrected chi connectivity index (χ2v) is 3.94. The first-order chi connectivity index (χ1) is 8.58. The predicted molar refractivity (Wildman–Crippen MR) is 66.3 cm³/mol. The molecule has 18 heavy (non-hydrogen) atoms. The van der Waals surface area contributed by atoms with E-state index in [2.05, 4.69) is 20.5 Å². The van der Waals surface area contributed by atoms with E-state index >= 15 is 0 Å². The van der Waals surface area contributed by atoms with Gasteiger partial charge in [-0.15, -0.1) is 0 Å². The molecule has 0 radical (unpaired) electrons. The van der Waals surface area contributed by atoms with Crippen molar-refractivity contribution in [2.75, 3.05) is 5.32 Å². The van der Waals surface area contributed by atoms with E-state index in [9.17, 15) is 10.1 Å². The van der Waals surface area contributed by atoms with Crippen LogP contribution < -0.4 is 5.32 Å². The summed E-state index contributed by atoms with van der Waals surface area (Å²) in [4.78, 5) is 14.4. The summed E-state index contributed by atoms with van der Waals surface area (Å²) in [5.41, 5.74) is 1.34. The number of nitrogens with one attached hydrogen (secondary N) is 2. The minimum absolute atomic E-state index is 0.000793. The molecular formula is C11H13N5O2. The molecule has 0 aliphatic heterocycles. The number of hydrogen-bond acceptors (Lipinski definition) is 5. The van der Waals surface area contributed by atoms with Gasteiger partial charge in [0.05, 0.1) is 16.7 Å². The normalized spacial score (nSPS) is 12.1. The molecule has 7 heteroatoms. The van der Waals surface area contributed by atoms with E-state index in [-0.39, 0.29) is 11.7 Å². The van der Waals surface area contributed by atoms with Crippen LogP contribution in [0.3, 0.4) is 0 Å². The van der Waals surface area contributed by atoms with Crippen molar-refractivity contribution in [1.29, 1.82) is 0 Å². The predicted octanol–water partition coefficient (Wildman–Crippen LogP) is 2.19. The molecule has 0 amide bonds. The lowest BCUT2D eigenvalue weighted by atomic mass is 10.2. The average molecular weight is 247 g/mol. The third-order valence-electron chi connectivity index (χ3n) is 2.61. The third-order valence-corrected chi connectivity index (χ3v) is 2.61. The van der Waals surface area contributed by atoms with Gasteiger partial charge in [0.1, 0.15) is 11.5 Å². The van der Waals surface area contributed by atoms with Crippen molar-refractivity contribution in [2.45, 2.75) is 19.9 Å². The topological polar surface area (TPSA) is 96.7 Å². The number of aryl methyl sites for hydroxylation is 1. The lowest BCUT2D eigenvalue weighted by Crippen LogP contribution is -2.09. The number of nitrogens with zero attached hydrogens (tertiary/aromatic N) is 3. The van der Waals surface area contributed by atoms with Gasteiger partial charge in [0.2, 0.25) is 0 Å². The van der Waals surface area contributed by atoms with E-state index in [1.807, 2.05) is 13.0 Å². The van der Waals surface area contributed by atoms with Gasteiger partial charge in [0, 0.05) is 12.3 Å². The Kier molecular flexibility index (Phi) is 3.22. The molecule has 0 aliphatic rings. The van der Waals surface area contributed by atoms with E-state index in [4.69, 9.17) is 0 Å². The molecule has 0 bridgehead atoms. The highest BCUT2D eigenvalue weighted by Gasteiger charge is 2.13. The summed E-state index contributed by atoms with van der Waals surface area (Å²) >= 11 is 0. The minimum Gasteiger partial charge on any atom is -0.362 e. The Morgan fingerprint density at radius 1 is 1.44 bits per heavy atom. The summed E-state index contributed by atoms with van der Waals surface area (Å²) in [6, 6.07) is 4.90. The maximum Gasteiger partial charge on any atom is 0.290 e. The number of pyridine rings is 1. The largest absolute Gasteiger partial charge is 0.362 e. The molecule has 0 fully saturated rings. The fourth-order valence-corrected chi connectivity index (χ4v) is 1.63. The first kappa shape index (κ1) is 12.0. The molecule has 2 aromatic rings. The number of nitro groups is 1. The van der Waals surface area contributed by atoms with Crippen LogP contribution in [-0.4, -0.2) is 20.1 Å². The molecule has 7 nitrogen and oxygen atoms in total. The van der Waals surface area contributed by atoms with E-state index < -0.39 is 4.92 Å². The Bertz CT molecular complexity index is 553. The van der Waals surface area contributed by atoms with Gasteiger partial charge in [-0.1, -0.05) is 0 Å². The molecule has 2 heterocycles. The van der Waals surface area contributed by atoms with E-state index in [1.54, 1.807) is 19.2 Å². The van der Waals surface area contributed by atoms with Crippen LogP contribution in [0.1, 0.15) is 24.4 Å². The molecule has 1 atom stereocenters. The average Bonchev–Trinajstić information content (AvgIpc) is 2.81. The van der Waals surface area contributed by atoms with E-state index in [1.165, 1.54) is 6.07 Å². The second-order valence-electron chi connectivity index (χ2n) is 3.94. The quantitative estimate of drug-likeness (QED) is 0.637. The molecule has 1 unspecified atom stereocenters. The summed E-state index contributed by atoms with van der Waals surface area (Å²) in [6.45, 7) is 3.57. The first-order valence-corrected chi connectivity index (χ1v) is 5.46. The minimum atomic E-state index is -0.440. The fraction of sp³-hybridized carbons (Fsp3) is 0.273. The second kappa shape index (κ2) is 4.82. The summed E-state index contributed by atoms with van der Waals surface area (Å²) in [6.07, 6.45) is 1.67. The molecule has 0 saturated heterocycles. The van der Waals surface area contributed by atoms with Crippen LogP contribution in [0.4, 0.5) is 11.5 Å². The standard InChI is InChI=1S/C11H13N5O2/c1-7(9-5-6-12-15-9)13-11-4-3-10(16(17)18)8(2)14-11/h3-7H,1-2H3,(H,12,15)(H,13,14). The molecule has 2 rings (SSSR count). The van der Waals surface area contributed by atoms with Crippen LogP contribution >= 0.6 is 0 Å². The van der Waals surface area contributed by atoms with Crippen LogP contribution in [0.25, 0.3) is 0 Å². The van der Waals surface area contributed by atoms with Crippen molar-refractivity contribution >= 4 is 11.5 Å². The molecule has 0 saturated carbocycles. The molecular weight excluding hydrogens is 234 g/mol. The van der Waals surface area contributed by atoms with Crippen molar-refractivity contribution in [1.82, 2.24) is 15.2 Å². The van der Waals surface area contributed by atoms with Crippen molar-refractivity contribution in [3.8, 4) is 0 Å². The zero-order valence-corrected chi connectivity index (χ0v) is 10.0. The van der Waals surface area contributed by atoms with Crippen LogP contribution in [0, 0.1) is 17.0 Å². The maximum absolute atomic E-state index is 10.7. The molecule has 0 aromatic carbocycles. The van der Waals surface area contributed by atoms with E-state index in [0.29, 0.717) is 11.5 Å². The number of hydrogen-bond donors (Lipinski definition) is 2. The summed E-state index contributed by atoms with van der Waals surface area (Å²) in [5.74, 6) is 0.597. The van der Waals surface area contributed by atoms with Crippen LogP contribution in [-0.2, 0) is 0 Å². The Morgan fingerprint density at radius 2 is 2.22 bits per heavy atom. The van der Waals surface area contributed by atoms with Gasteiger partial charge < -0.3 is 5.32 Å². The zero-order valence-electron chi connectivity index (χ0n) is 10.0. The van der Waals surface area contributed by atoms with Gasteiger partial charge in [-0.2, -0.15) is 5.10 Å². The Labute approximate surface area is 103 Å². The van der Waals surface area contributed by atoms with E-state index in [0.717, 1.165) is 5.69 Å². The van der Waals surface area contributed by atoms with Crippen LogP contribution in [0.5, 0.6) is 0 Å². The Morgan fingerprint density at radius 3 is 2.78 bits per heavy atom. The lowest BCUT2D eigenvalue weighted by molar-refractivity contribution is -0.385. The van der Waals surface area contributed by atoms with Gasteiger partial charge in [-0.3, -0.25) is 15.2 Å². The van der Waals surface area contributed by atoms with Gasteiger partial charge in [-0.25, -0.2) is 4.98 Å². The van der Waals surface area contributed by atoms with Gasteiger partial charge in [0.15, 0.2) is 0 Å². The molecule has 2 aromatic heterocycles. The monoisotopic (exact) mass is 247 g/mol. The fourth-order valence-electron chi connectivity index (χ4n) is 1.63. The van der Waals surface area contributed by atoms with Gasteiger partial charge >= 0.3 is 0 Å². The highest BCUT2D eigenvalue weighted by molar-refractivity contribution is 5.45. The number of anilines is 1. The number of aromatic amines is 1. The van der Waals surface area contributed by atoms with Crippen LogP contribution in [0.2, 0.25) is 0 Å². The van der Waals surface area contributed by atoms with Crippen molar-refractivity contribution in [2.24, 2.45) is 0 Å². The van der Waals surface area contributed by atoms with Crippen molar-refractivity contribution in [3.63, 3.8) is 0 Å². The SMILES string of the molecule is Cc1nc(NC(C)c2ccn[nH]2)ccc1[N+](=O)[O-]. The summed E-state index contributed by atoms with van der Waals surface area (Å²) in [7, 11) is 0. The third kappa shape index (κ3) is 2.45. The lowest BCUT2D eigenvalue weighted by Gasteiger charge is -2.12. The molecule has 2 N–H and O–H groups in total. The van der Waals surface area contributed by atoms with Crippen molar-refractivity contribution in [3.05, 3.63) is 45.9 Å². The summed E-state index contributed by atoms with van der Waals surface area (Å²) in [5, 5.41) is 20.5. The smallest absolute Gasteiger partial charge is 0.290 e. The number of aromatic nitrogens is 3. The van der Waals surface area contributed by atoms with Crippen LogP contribution in [0.15, 0.2) is 24.4 Å². The maximum atomic E-state index is 10.7. The highest BCUT2D eigenvalue weighted by Crippen LogP contribution is 2.20. The first-order valence-electron chi connectivity index (χ1n) is 5.46. The van der Waals surface area contributed by atoms with Gasteiger partial charge in [-0.05, 0) is 26.0 Å². The molecule has 94 valence electrons. The molecule has 0 aliphatic carbocycles. The Balaban J connectivity index is 2.15. The molecule has 0 spiro atoms. The van der Waals surface area contributed by atoms with Crippen molar-refractivity contribution < 1.29 is 4.92 Å². The summed E-state index contributed by atoms with van der Waals surface area (Å²) < 4.78 is 0. The zero-order chi connectivity index (χ0) is 13.1. The Hall–Kier alpha value is -2.44. The van der Waals surface area contributed by atoms with Gasteiger partial charge in [0.25, 0.3) is 5.69 Å². The number of rotatable bonds is 4.